The van der Waals surface area contributed by atoms with E-state index in [2.05, 4.69) is 36.2 Å². The first-order valence-corrected chi connectivity index (χ1v) is 10.6. The highest BCUT2D eigenvalue weighted by molar-refractivity contribution is 6.31. The topological polar surface area (TPSA) is 32.3 Å². The van der Waals surface area contributed by atoms with E-state index in [4.69, 9.17) is 11.6 Å². The molecule has 0 saturated heterocycles. The Morgan fingerprint density at radius 1 is 1.22 bits per heavy atom. The molecule has 1 aliphatic carbocycles. The molecular weight excluding hydrogens is 356 g/mol. The summed E-state index contributed by atoms with van der Waals surface area (Å²) < 4.78 is 0. The molecule has 0 radical (unpaired) electrons. The fraction of sp³-hybridized carbons (Fsp3) is 0.609. The molecule has 1 heterocycles. The number of nitrogens with zero attached hydrogens (tertiary/aromatic N) is 1. The Bertz CT molecular complexity index is 728. The first-order chi connectivity index (χ1) is 12.7. The van der Waals surface area contributed by atoms with Crippen molar-refractivity contribution in [2.75, 3.05) is 14.1 Å². The molecule has 4 heteroatoms. The molecule has 1 aliphatic heterocycles. The molecule has 0 unspecified atom stereocenters. The maximum atomic E-state index is 13.0. The van der Waals surface area contributed by atoms with Crippen molar-refractivity contribution in [3.63, 3.8) is 0 Å². The molecule has 27 heavy (non-hydrogen) atoms. The molecule has 148 valence electrons. The summed E-state index contributed by atoms with van der Waals surface area (Å²) in [6, 6.07) is 4.27. The molecule has 3 nitrogen and oxygen atoms in total. The van der Waals surface area contributed by atoms with E-state index in [-0.39, 0.29) is 17.2 Å². The monoisotopic (exact) mass is 388 g/mol. The van der Waals surface area contributed by atoms with Crippen LogP contribution < -0.4 is 5.32 Å². The maximum absolute atomic E-state index is 13.0. The third kappa shape index (κ3) is 5.14. The summed E-state index contributed by atoms with van der Waals surface area (Å²) in [5.41, 5.74) is 4.35. The van der Waals surface area contributed by atoms with Crippen molar-refractivity contribution in [2.24, 2.45) is 5.92 Å². The summed E-state index contributed by atoms with van der Waals surface area (Å²) in [7, 11) is 4.09. The van der Waals surface area contributed by atoms with Crippen molar-refractivity contribution < 1.29 is 4.79 Å². The Kier molecular flexibility index (Phi) is 6.32. The number of hydrogen-bond acceptors (Lipinski definition) is 3. The van der Waals surface area contributed by atoms with E-state index >= 15 is 0 Å². The number of hydrogen-bond donors (Lipinski definition) is 1. The second kappa shape index (κ2) is 8.36. The first-order valence-electron chi connectivity index (χ1n) is 10.3. The first kappa shape index (κ1) is 20.4. The van der Waals surface area contributed by atoms with Gasteiger partial charge in [0.15, 0.2) is 5.78 Å². The van der Waals surface area contributed by atoms with Gasteiger partial charge in [-0.25, -0.2) is 0 Å². The number of carbonyl (C=O) groups is 1. The summed E-state index contributed by atoms with van der Waals surface area (Å²) in [6.07, 6.45) is 9.73. The van der Waals surface area contributed by atoms with E-state index < -0.39 is 0 Å². The van der Waals surface area contributed by atoms with Crippen molar-refractivity contribution in [3.05, 3.63) is 39.9 Å². The van der Waals surface area contributed by atoms with Crippen LogP contribution in [-0.2, 0) is 17.8 Å². The van der Waals surface area contributed by atoms with E-state index in [9.17, 15) is 4.79 Å². The van der Waals surface area contributed by atoms with Gasteiger partial charge in [0.1, 0.15) is 0 Å². The van der Waals surface area contributed by atoms with Crippen LogP contribution in [0, 0.1) is 5.92 Å². The van der Waals surface area contributed by atoms with Gasteiger partial charge in [0, 0.05) is 40.4 Å². The summed E-state index contributed by atoms with van der Waals surface area (Å²) in [4.78, 5) is 15.1. The molecule has 0 atom stereocenters. The van der Waals surface area contributed by atoms with Gasteiger partial charge in [-0.15, -0.1) is 0 Å². The lowest BCUT2D eigenvalue weighted by Crippen LogP contribution is -2.44. The van der Waals surface area contributed by atoms with E-state index in [1.54, 1.807) is 0 Å². The molecular formula is C23H33ClN2O. The Labute approximate surface area is 169 Å². The standard InChI is InChI=1S/C23H33ClN2O/c1-23(2)14-17-12-20(24)18(15-26(3)4)11-19(17)21(25-23)13-22(27)16-9-7-5-6-8-10-16/h11-13,16,25H,5-10,14-15H2,1-4H3/b21-13-. The largest absolute Gasteiger partial charge is 0.379 e. The minimum atomic E-state index is -0.0883. The molecule has 1 aromatic carbocycles. The third-order valence-electron chi connectivity index (χ3n) is 5.70. The van der Waals surface area contributed by atoms with Crippen LogP contribution in [0.25, 0.3) is 5.70 Å². The van der Waals surface area contributed by atoms with Crippen LogP contribution in [0.15, 0.2) is 18.2 Å². The van der Waals surface area contributed by atoms with E-state index in [0.717, 1.165) is 47.7 Å². The lowest BCUT2D eigenvalue weighted by atomic mass is 9.84. The molecule has 2 aliphatic rings. The highest BCUT2D eigenvalue weighted by atomic mass is 35.5. The fourth-order valence-electron chi connectivity index (χ4n) is 4.41. The van der Waals surface area contributed by atoms with Crippen LogP contribution in [0.4, 0.5) is 0 Å². The molecule has 1 N–H and O–H groups in total. The number of ketones is 1. The minimum Gasteiger partial charge on any atom is -0.379 e. The summed E-state index contributed by atoms with van der Waals surface area (Å²) in [5.74, 6) is 0.469. The molecule has 1 aromatic rings. The van der Waals surface area contributed by atoms with Gasteiger partial charge >= 0.3 is 0 Å². The van der Waals surface area contributed by atoms with Gasteiger partial charge in [-0.2, -0.15) is 0 Å². The number of benzene rings is 1. The minimum absolute atomic E-state index is 0.0883. The van der Waals surface area contributed by atoms with Crippen LogP contribution in [-0.4, -0.2) is 30.3 Å². The molecule has 3 rings (SSSR count). The Morgan fingerprint density at radius 2 is 1.89 bits per heavy atom. The Hall–Kier alpha value is -1.32. The van der Waals surface area contributed by atoms with Crippen LogP contribution in [0.3, 0.4) is 0 Å². The lowest BCUT2D eigenvalue weighted by molar-refractivity contribution is -0.118. The van der Waals surface area contributed by atoms with Crippen LogP contribution in [0.5, 0.6) is 0 Å². The SMILES string of the molecule is CN(C)Cc1cc2c(cc1Cl)CC(C)(C)N/C2=C\C(=O)C1CCCCCC1. The highest BCUT2D eigenvalue weighted by Gasteiger charge is 2.30. The van der Waals surface area contributed by atoms with Gasteiger partial charge in [-0.1, -0.05) is 37.3 Å². The zero-order valence-corrected chi connectivity index (χ0v) is 18.0. The molecule has 1 fully saturated rings. The predicted octanol–water partition coefficient (Wildman–Crippen LogP) is 5.21. The number of fused-ring (bicyclic) bond motifs is 1. The predicted molar refractivity (Wildman–Crippen MR) is 114 cm³/mol. The summed E-state index contributed by atoms with van der Waals surface area (Å²) >= 11 is 6.56. The highest BCUT2D eigenvalue weighted by Crippen LogP contribution is 2.34. The van der Waals surface area contributed by atoms with Crippen LogP contribution in [0.1, 0.15) is 69.1 Å². The number of allylic oxidation sites excluding steroid dienone is 1. The van der Waals surface area contributed by atoms with Gasteiger partial charge in [0.05, 0.1) is 0 Å². The zero-order chi connectivity index (χ0) is 19.6. The number of rotatable bonds is 4. The quantitative estimate of drug-likeness (QED) is 0.567. The summed E-state index contributed by atoms with van der Waals surface area (Å²) in [5, 5.41) is 4.43. The van der Waals surface area contributed by atoms with Gasteiger partial charge in [-0.3, -0.25) is 4.79 Å². The second-order valence-corrected chi connectivity index (χ2v) is 9.58. The average molecular weight is 389 g/mol. The maximum Gasteiger partial charge on any atom is 0.160 e. The zero-order valence-electron chi connectivity index (χ0n) is 17.2. The van der Waals surface area contributed by atoms with Crippen LogP contribution >= 0.6 is 11.6 Å². The third-order valence-corrected chi connectivity index (χ3v) is 6.05. The van der Waals surface area contributed by atoms with Gasteiger partial charge in [0.25, 0.3) is 0 Å². The van der Waals surface area contributed by atoms with Crippen molar-refractivity contribution in [1.29, 1.82) is 0 Å². The van der Waals surface area contributed by atoms with Gasteiger partial charge in [0.2, 0.25) is 0 Å². The van der Waals surface area contributed by atoms with Crippen molar-refractivity contribution in [2.45, 2.75) is 70.9 Å². The molecule has 0 amide bonds. The van der Waals surface area contributed by atoms with Crippen molar-refractivity contribution in [3.8, 4) is 0 Å². The average Bonchev–Trinajstić information content (AvgIpc) is 2.84. The second-order valence-electron chi connectivity index (χ2n) is 9.17. The van der Waals surface area contributed by atoms with Crippen molar-refractivity contribution >= 4 is 23.1 Å². The fourth-order valence-corrected chi connectivity index (χ4v) is 4.65. The molecule has 0 aromatic heterocycles. The van der Waals surface area contributed by atoms with Gasteiger partial charge in [-0.05, 0) is 70.5 Å². The Morgan fingerprint density at radius 3 is 2.52 bits per heavy atom. The molecule has 0 bridgehead atoms. The number of carbonyl (C=O) groups excluding carboxylic acids is 1. The molecule has 0 spiro atoms. The van der Waals surface area contributed by atoms with E-state index in [1.165, 1.54) is 31.2 Å². The number of halogens is 1. The van der Waals surface area contributed by atoms with E-state index in [0.29, 0.717) is 0 Å². The van der Waals surface area contributed by atoms with Crippen LogP contribution in [0.2, 0.25) is 5.02 Å². The smallest absolute Gasteiger partial charge is 0.160 e. The lowest BCUT2D eigenvalue weighted by Gasteiger charge is -2.36. The Balaban J connectivity index is 1.96. The van der Waals surface area contributed by atoms with Gasteiger partial charge < -0.3 is 10.2 Å². The summed E-state index contributed by atoms with van der Waals surface area (Å²) in [6.45, 7) is 5.16. The van der Waals surface area contributed by atoms with Crippen molar-refractivity contribution in [1.82, 2.24) is 10.2 Å². The number of nitrogens with one attached hydrogen (secondary N) is 1. The normalized spacial score (nSPS) is 21.6. The molecule has 1 saturated carbocycles. The van der Waals surface area contributed by atoms with E-state index in [1.807, 2.05) is 20.2 Å².